The highest BCUT2D eigenvalue weighted by Gasteiger charge is 1.72. The summed E-state index contributed by atoms with van der Waals surface area (Å²) in [7, 11) is 0. The zero-order chi connectivity index (χ0) is 9.90. The highest BCUT2D eigenvalue weighted by molar-refractivity contribution is 5.18. The molecule has 0 N–H and O–H groups in total. The van der Waals surface area contributed by atoms with Crippen LogP contribution in [0, 0.1) is 0 Å². The SMILES string of the molecule is C1=CC/C=C\C\C=C/C=C/C=C\C=C\1. The van der Waals surface area contributed by atoms with Crippen LogP contribution in [-0.2, 0) is 0 Å². The van der Waals surface area contributed by atoms with Crippen LogP contribution >= 0.6 is 0 Å². The minimum Gasteiger partial charge on any atom is -0.0844 e. The van der Waals surface area contributed by atoms with Gasteiger partial charge in [0, 0.05) is 0 Å². The maximum atomic E-state index is 2.18. The Morgan fingerprint density at radius 1 is 0.357 bits per heavy atom. The van der Waals surface area contributed by atoms with Crippen molar-refractivity contribution in [2.75, 3.05) is 0 Å². The van der Waals surface area contributed by atoms with Crippen LogP contribution in [0.2, 0.25) is 0 Å². The van der Waals surface area contributed by atoms with Crippen molar-refractivity contribution in [3.8, 4) is 0 Å². The van der Waals surface area contributed by atoms with E-state index in [0.717, 1.165) is 12.8 Å². The first-order valence-corrected chi connectivity index (χ1v) is 4.97. The highest BCUT2D eigenvalue weighted by atomic mass is 13.8. The molecular formula is C14H16. The van der Waals surface area contributed by atoms with Gasteiger partial charge in [-0.2, -0.15) is 0 Å². The fourth-order valence-corrected chi connectivity index (χ4v) is 1.05. The Kier molecular flexibility index (Phi) is 6.05. The van der Waals surface area contributed by atoms with Crippen molar-refractivity contribution in [3.63, 3.8) is 0 Å². The average Bonchev–Trinajstić information content (AvgIpc) is 2.22. The topological polar surface area (TPSA) is 0 Å². The Morgan fingerprint density at radius 3 is 1.14 bits per heavy atom. The summed E-state index contributed by atoms with van der Waals surface area (Å²) in [6.45, 7) is 0. The molecule has 0 unspecified atom stereocenters. The number of allylic oxidation sites excluding steroid dienone is 12. The molecule has 72 valence electrons. The summed E-state index contributed by atoms with van der Waals surface area (Å²) in [4.78, 5) is 0. The van der Waals surface area contributed by atoms with E-state index in [1.54, 1.807) is 0 Å². The monoisotopic (exact) mass is 184 g/mol. The van der Waals surface area contributed by atoms with Gasteiger partial charge in [0.2, 0.25) is 0 Å². The first-order valence-electron chi connectivity index (χ1n) is 4.97. The Morgan fingerprint density at radius 2 is 0.714 bits per heavy atom. The molecule has 0 heterocycles. The number of hydrogen-bond acceptors (Lipinski definition) is 0. The molecule has 0 atom stereocenters. The predicted molar refractivity (Wildman–Crippen MR) is 64.1 cm³/mol. The first kappa shape index (κ1) is 10.5. The number of rotatable bonds is 0. The van der Waals surface area contributed by atoms with E-state index in [0.29, 0.717) is 0 Å². The molecule has 0 fully saturated rings. The van der Waals surface area contributed by atoms with Crippen molar-refractivity contribution >= 4 is 0 Å². The van der Waals surface area contributed by atoms with Gasteiger partial charge in [-0.05, 0) is 12.8 Å². The van der Waals surface area contributed by atoms with Crippen LogP contribution in [0.15, 0.2) is 72.9 Å². The lowest BCUT2D eigenvalue weighted by atomic mass is 10.2. The first-order chi connectivity index (χ1) is 7.00. The molecule has 0 aliphatic heterocycles. The molecule has 0 aromatic carbocycles. The average molecular weight is 184 g/mol. The van der Waals surface area contributed by atoms with E-state index in [1.165, 1.54) is 0 Å². The van der Waals surface area contributed by atoms with E-state index < -0.39 is 0 Å². The zero-order valence-electron chi connectivity index (χ0n) is 8.34. The maximum Gasteiger partial charge on any atom is -0.0166 e. The van der Waals surface area contributed by atoms with Gasteiger partial charge in [0.15, 0.2) is 0 Å². The summed E-state index contributed by atoms with van der Waals surface area (Å²) in [5.41, 5.74) is 0. The molecule has 14 heavy (non-hydrogen) atoms. The predicted octanol–water partition coefficient (Wildman–Crippen LogP) is 4.12. The fourth-order valence-electron chi connectivity index (χ4n) is 1.05. The third-order valence-electron chi connectivity index (χ3n) is 1.76. The zero-order valence-corrected chi connectivity index (χ0v) is 8.34. The number of hydrogen-bond donors (Lipinski definition) is 0. The van der Waals surface area contributed by atoms with Gasteiger partial charge in [-0.1, -0.05) is 72.9 Å². The second-order valence-corrected chi connectivity index (χ2v) is 2.95. The van der Waals surface area contributed by atoms with Crippen molar-refractivity contribution in [3.05, 3.63) is 72.9 Å². The quantitative estimate of drug-likeness (QED) is 0.497. The minimum absolute atomic E-state index is 1.01. The maximum absolute atomic E-state index is 2.18. The van der Waals surface area contributed by atoms with Crippen molar-refractivity contribution in [2.45, 2.75) is 12.8 Å². The van der Waals surface area contributed by atoms with E-state index in [4.69, 9.17) is 0 Å². The molecule has 0 spiro atoms. The minimum atomic E-state index is 1.01. The molecular weight excluding hydrogens is 168 g/mol. The van der Waals surface area contributed by atoms with Gasteiger partial charge in [0.1, 0.15) is 0 Å². The summed E-state index contributed by atoms with van der Waals surface area (Å²) in [5, 5.41) is 0. The molecule has 0 amide bonds. The lowest BCUT2D eigenvalue weighted by Gasteiger charge is -1.83. The second-order valence-electron chi connectivity index (χ2n) is 2.95. The summed E-state index contributed by atoms with van der Waals surface area (Å²) in [5.74, 6) is 0. The van der Waals surface area contributed by atoms with E-state index in [1.807, 2.05) is 36.5 Å². The normalized spacial score (nSPS) is 28.6. The van der Waals surface area contributed by atoms with Crippen molar-refractivity contribution < 1.29 is 0 Å². The van der Waals surface area contributed by atoms with Crippen molar-refractivity contribution in [1.29, 1.82) is 0 Å². The van der Waals surface area contributed by atoms with Gasteiger partial charge in [0.25, 0.3) is 0 Å². The lowest BCUT2D eigenvalue weighted by Crippen LogP contribution is -1.61. The summed E-state index contributed by atoms with van der Waals surface area (Å²) >= 11 is 0. The molecule has 0 heteroatoms. The standard InChI is InChI=1S/C14H16/c1-2-4-6-8-10-12-14-13-11-9-7-5-3-1/h1-10,13-14H,11-12H2/b2-1-,5-3+,6-4+,9-7-,10-8?,14-13-. The summed E-state index contributed by atoms with van der Waals surface area (Å²) in [6.07, 6.45) is 27.0. The van der Waals surface area contributed by atoms with E-state index in [-0.39, 0.29) is 0 Å². The van der Waals surface area contributed by atoms with Crippen LogP contribution in [0.3, 0.4) is 0 Å². The van der Waals surface area contributed by atoms with Gasteiger partial charge in [-0.3, -0.25) is 0 Å². The third kappa shape index (κ3) is 6.01. The molecule has 0 bridgehead atoms. The van der Waals surface area contributed by atoms with Crippen molar-refractivity contribution in [1.82, 2.24) is 0 Å². The van der Waals surface area contributed by atoms with E-state index in [9.17, 15) is 0 Å². The Labute approximate surface area is 86.3 Å². The smallest absolute Gasteiger partial charge is 0.0166 e. The molecule has 0 saturated heterocycles. The van der Waals surface area contributed by atoms with Gasteiger partial charge >= 0.3 is 0 Å². The molecule has 0 aromatic heterocycles. The Hall–Kier alpha value is -1.56. The van der Waals surface area contributed by atoms with Crippen LogP contribution in [-0.4, -0.2) is 0 Å². The van der Waals surface area contributed by atoms with Crippen LogP contribution in [0.1, 0.15) is 12.8 Å². The van der Waals surface area contributed by atoms with E-state index >= 15 is 0 Å². The van der Waals surface area contributed by atoms with Crippen LogP contribution < -0.4 is 0 Å². The molecule has 0 radical (unpaired) electrons. The lowest BCUT2D eigenvalue weighted by molar-refractivity contribution is 1.31. The highest BCUT2D eigenvalue weighted by Crippen LogP contribution is 1.93. The van der Waals surface area contributed by atoms with Crippen LogP contribution in [0.25, 0.3) is 0 Å². The third-order valence-corrected chi connectivity index (χ3v) is 1.76. The largest absolute Gasteiger partial charge is 0.0844 e. The Bertz CT molecular complexity index is 266. The molecule has 0 nitrogen and oxygen atoms in total. The molecule has 1 rings (SSSR count). The van der Waals surface area contributed by atoms with Gasteiger partial charge in [-0.15, -0.1) is 0 Å². The second kappa shape index (κ2) is 8.06. The van der Waals surface area contributed by atoms with Crippen LogP contribution in [0.5, 0.6) is 0 Å². The molecule has 0 aromatic rings. The summed E-state index contributed by atoms with van der Waals surface area (Å²) in [6, 6.07) is 0. The van der Waals surface area contributed by atoms with Crippen LogP contribution in [0.4, 0.5) is 0 Å². The van der Waals surface area contributed by atoms with Gasteiger partial charge < -0.3 is 0 Å². The van der Waals surface area contributed by atoms with Gasteiger partial charge in [0.05, 0.1) is 0 Å². The van der Waals surface area contributed by atoms with Gasteiger partial charge in [-0.25, -0.2) is 0 Å². The molecule has 1 aliphatic rings. The molecule has 1 aliphatic carbocycles. The Balaban J connectivity index is 2.56. The fraction of sp³-hybridized carbons (Fsp3) is 0.143. The summed E-state index contributed by atoms with van der Waals surface area (Å²) < 4.78 is 0. The van der Waals surface area contributed by atoms with Crippen molar-refractivity contribution in [2.24, 2.45) is 0 Å². The molecule has 0 saturated carbocycles. The van der Waals surface area contributed by atoms with E-state index in [2.05, 4.69) is 36.5 Å².